The van der Waals surface area contributed by atoms with E-state index in [1.807, 2.05) is 45.9 Å². The molecule has 1 saturated heterocycles. The summed E-state index contributed by atoms with van der Waals surface area (Å²) in [4.78, 5) is 83.9. The number of likely N-dealkylation sites (tertiary alicyclic amines) is 1. The van der Waals surface area contributed by atoms with Crippen molar-refractivity contribution in [1.29, 1.82) is 0 Å². The highest BCUT2D eigenvalue weighted by Crippen LogP contribution is 2.65. The first kappa shape index (κ1) is 42.2. The van der Waals surface area contributed by atoms with Gasteiger partial charge in [-0.15, -0.1) is 0 Å². The van der Waals surface area contributed by atoms with Crippen LogP contribution in [0, 0.1) is 22.7 Å². The van der Waals surface area contributed by atoms with Crippen molar-refractivity contribution in [3.63, 3.8) is 0 Å². The molecule has 4 unspecified atom stereocenters. The maximum absolute atomic E-state index is 14.4. The van der Waals surface area contributed by atoms with E-state index in [2.05, 4.69) is 54.2 Å². The quantitative estimate of drug-likeness (QED) is 0.181. The monoisotopic (exact) mass is 744 g/mol. The summed E-state index contributed by atoms with van der Waals surface area (Å²) in [6, 6.07) is 15.5. The lowest BCUT2D eigenvalue weighted by molar-refractivity contribution is -0.145. The fraction of sp³-hybridized carbons (Fsp3) is 0.571. The molecule has 1 saturated carbocycles. The number of hydrogen-bond donors (Lipinski definition) is 4. The van der Waals surface area contributed by atoms with Gasteiger partial charge in [0.25, 0.3) is 5.91 Å². The molecule has 54 heavy (non-hydrogen) atoms. The molecule has 12 heteroatoms. The minimum Gasteiger partial charge on any atom is -0.347 e. The topological polar surface area (TPSA) is 157 Å². The smallest absolute Gasteiger partial charge is 0.290 e. The van der Waals surface area contributed by atoms with Crippen LogP contribution in [-0.4, -0.2) is 97.0 Å². The van der Waals surface area contributed by atoms with E-state index in [1.165, 1.54) is 10.5 Å². The van der Waals surface area contributed by atoms with Crippen molar-refractivity contribution >= 4 is 35.3 Å². The first-order valence-corrected chi connectivity index (χ1v) is 19.2. The molecule has 1 heterocycles. The van der Waals surface area contributed by atoms with Crippen LogP contribution in [0.25, 0.3) is 0 Å². The number of amides is 5. The minimum absolute atomic E-state index is 0.0856. The van der Waals surface area contributed by atoms with E-state index in [1.54, 1.807) is 49.3 Å². The standard InChI is InChI=1S/C42H60N6O6/c1-10-17-30(35(50)38(52)44-24-31(49)46-33(39(53)47(8)9)28-20-15-12-16-21-28)45-37(51)34-32-29(42(32,6)7)25-48(34)40(54)36(41(3,4)5)43-23-22-26(2)27-18-13-11-14-19-27/h11-16,18-21,26,29-30,32-34,36,43H,10,17,22-25H2,1-9H3,(H,44,52)(H,45,51)(H,46,49)/t26?,29?,30?,32-,33-,34-,36?/m0/s1. The molecule has 0 aromatic heterocycles. The van der Waals surface area contributed by atoms with Crippen LogP contribution in [0.5, 0.6) is 0 Å². The highest BCUT2D eigenvalue weighted by Gasteiger charge is 2.69. The Morgan fingerprint density at radius 1 is 0.889 bits per heavy atom. The maximum atomic E-state index is 14.4. The molecule has 7 atom stereocenters. The zero-order chi connectivity index (χ0) is 40.0. The van der Waals surface area contributed by atoms with E-state index in [0.29, 0.717) is 31.0 Å². The van der Waals surface area contributed by atoms with Gasteiger partial charge in [-0.3, -0.25) is 28.8 Å². The van der Waals surface area contributed by atoms with E-state index in [9.17, 15) is 28.8 Å². The Morgan fingerprint density at radius 2 is 1.48 bits per heavy atom. The number of nitrogens with one attached hydrogen (secondary N) is 4. The number of rotatable bonds is 17. The second-order valence-electron chi connectivity index (χ2n) is 16.8. The Bertz CT molecular complexity index is 1660. The molecule has 12 nitrogen and oxygen atoms in total. The maximum Gasteiger partial charge on any atom is 0.290 e. The summed E-state index contributed by atoms with van der Waals surface area (Å²) < 4.78 is 0. The van der Waals surface area contributed by atoms with Gasteiger partial charge >= 0.3 is 0 Å². The van der Waals surface area contributed by atoms with E-state index in [4.69, 9.17) is 0 Å². The van der Waals surface area contributed by atoms with Gasteiger partial charge in [0.1, 0.15) is 12.1 Å². The average molecular weight is 745 g/mol. The second-order valence-corrected chi connectivity index (χ2v) is 16.8. The van der Waals surface area contributed by atoms with E-state index < -0.39 is 59.6 Å². The second kappa shape index (κ2) is 17.7. The van der Waals surface area contributed by atoms with Gasteiger partial charge in [0, 0.05) is 20.6 Å². The lowest BCUT2D eigenvalue weighted by atomic mass is 9.85. The van der Waals surface area contributed by atoms with Gasteiger partial charge in [-0.25, -0.2) is 0 Å². The van der Waals surface area contributed by atoms with Crippen LogP contribution in [0.15, 0.2) is 60.7 Å². The molecule has 1 aliphatic carbocycles. The van der Waals surface area contributed by atoms with Gasteiger partial charge in [0.2, 0.25) is 29.4 Å². The molecule has 2 aromatic carbocycles. The van der Waals surface area contributed by atoms with Gasteiger partial charge in [-0.05, 0) is 59.1 Å². The Kier molecular flexibility index (Phi) is 13.8. The van der Waals surface area contributed by atoms with Gasteiger partial charge in [0.15, 0.2) is 0 Å². The molecule has 5 amide bonds. The largest absolute Gasteiger partial charge is 0.347 e. The van der Waals surface area contributed by atoms with Crippen LogP contribution in [-0.2, 0) is 28.8 Å². The summed E-state index contributed by atoms with van der Waals surface area (Å²) >= 11 is 0. The van der Waals surface area contributed by atoms with E-state index >= 15 is 0 Å². The Hall–Kier alpha value is -4.58. The number of likely N-dealkylation sites (N-methyl/N-ethyl adjacent to an activating group) is 1. The van der Waals surface area contributed by atoms with Crippen LogP contribution in [0.4, 0.5) is 0 Å². The van der Waals surface area contributed by atoms with Gasteiger partial charge in [-0.1, -0.05) is 116 Å². The first-order valence-electron chi connectivity index (χ1n) is 19.2. The molecule has 2 fully saturated rings. The van der Waals surface area contributed by atoms with Crippen molar-refractivity contribution in [2.24, 2.45) is 22.7 Å². The van der Waals surface area contributed by atoms with Gasteiger partial charge in [0.05, 0.1) is 18.6 Å². The molecule has 2 aliphatic rings. The number of piperidine rings is 1. The van der Waals surface area contributed by atoms with Crippen molar-refractivity contribution in [1.82, 2.24) is 31.1 Å². The zero-order valence-corrected chi connectivity index (χ0v) is 33.4. The number of nitrogens with zero attached hydrogens (tertiary/aromatic N) is 2. The van der Waals surface area contributed by atoms with Crippen molar-refractivity contribution < 1.29 is 28.8 Å². The summed E-state index contributed by atoms with van der Waals surface area (Å²) in [7, 11) is 3.15. The van der Waals surface area contributed by atoms with Crippen LogP contribution in [0.3, 0.4) is 0 Å². The predicted molar refractivity (Wildman–Crippen MR) is 208 cm³/mol. The molecule has 1 aliphatic heterocycles. The Balaban J connectivity index is 1.42. The van der Waals surface area contributed by atoms with Crippen LogP contribution in [0.1, 0.15) is 90.8 Å². The van der Waals surface area contributed by atoms with E-state index in [0.717, 1.165) is 6.42 Å². The van der Waals surface area contributed by atoms with Crippen molar-refractivity contribution in [3.8, 4) is 0 Å². The highest BCUT2D eigenvalue weighted by atomic mass is 16.2. The third-order valence-electron chi connectivity index (χ3n) is 11.1. The van der Waals surface area contributed by atoms with Crippen LogP contribution in [0.2, 0.25) is 0 Å². The van der Waals surface area contributed by atoms with Crippen molar-refractivity contribution in [3.05, 3.63) is 71.8 Å². The summed E-state index contributed by atoms with van der Waals surface area (Å²) in [5.41, 5.74) is 1.20. The number of fused-ring (bicyclic) bond motifs is 1. The summed E-state index contributed by atoms with van der Waals surface area (Å²) in [6.45, 7) is 14.7. The van der Waals surface area contributed by atoms with Crippen molar-refractivity contribution in [2.45, 2.75) is 97.8 Å². The fourth-order valence-electron chi connectivity index (χ4n) is 7.76. The highest BCUT2D eigenvalue weighted by molar-refractivity contribution is 6.38. The third-order valence-corrected chi connectivity index (χ3v) is 11.1. The zero-order valence-electron chi connectivity index (χ0n) is 33.4. The summed E-state index contributed by atoms with van der Waals surface area (Å²) in [6.07, 6.45) is 1.53. The SMILES string of the molecule is CCCC(NC(=O)[C@@H]1[C@@H]2C(CN1C(=O)C(NCCC(C)c1ccccc1)C(C)(C)C)C2(C)C)C(=O)C(=O)NCC(=O)N[C@H](C(=O)N(C)C)c1ccccc1. The molecule has 0 bridgehead atoms. The third kappa shape index (κ3) is 9.93. The Labute approximate surface area is 320 Å². The van der Waals surface area contributed by atoms with Gasteiger partial charge in [-0.2, -0.15) is 0 Å². The number of carbonyl (C=O) groups is 6. The molecule has 294 valence electrons. The Morgan fingerprint density at radius 3 is 2.04 bits per heavy atom. The summed E-state index contributed by atoms with van der Waals surface area (Å²) in [5.74, 6) is -3.18. The summed E-state index contributed by atoms with van der Waals surface area (Å²) in [5, 5.41) is 11.3. The van der Waals surface area contributed by atoms with Crippen molar-refractivity contribution in [2.75, 3.05) is 33.7 Å². The lowest BCUT2D eigenvalue weighted by Crippen LogP contribution is -2.60. The number of hydrogen-bond acceptors (Lipinski definition) is 7. The number of benzene rings is 2. The predicted octanol–water partition coefficient (Wildman–Crippen LogP) is 3.58. The van der Waals surface area contributed by atoms with Gasteiger partial charge < -0.3 is 31.1 Å². The molecular formula is C42H60N6O6. The molecule has 0 radical (unpaired) electrons. The minimum atomic E-state index is -1.15. The first-order chi connectivity index (χ1) is 25.4. The number of carbonyl (C=O) groups excluding carboxylic acids is 6. The molecule has 0 spiro atoms. The van der Waals surface area contributed by atoms with Crippen LogP contribution >= 0.6 is 0 Å². The molecule has 4 N–H and O–H groups in total. The molecule has 2 aromatic rings. The number of Topliss-reactive ketones (excluding diaryl/α,β-unsaturated/α-hetero) is 1. The number of ketones is 1. The normalized spacial score (nSPS) is 20.8. The molecular weight excluding hydrogens is 684 g/mol. The fourth-order valence-corrected chi connectivity index (χ4v) is 7.76. The average Bonchev–Trinajstić information content (AvgIpc) is 3.43. The van der Waals surface area contributed by atoms with E-state index in [-0.39, 0.29) is 35.5 Å². The van der Waals surface area contributed by atoms with Crippen LogP contribution < -0.4 is 21.3 Å². The lowest BCUT2D eigenvalue weighted by Gasteiger charge is -2.38. The molecule has 4 rings (SSSR count).